The molecule has 10 heteroatoms. The van der Waals surface area contributed by atoms with Crippen molar-refractivity contribution in [3.63, 3.8) is 0 Å². The lowest BCUT2D eigenvalue weighted by Crippen LogP contribution is -2.54. The second-order valence-corrected chi connectivity index (χ2v) is 11.3. The summed E-state index contributed by atoms with van der Waals surface area (Å²) in [5, 5.41) is 2.13. The summed E-state index contributed by atoms with van der Waals surface area (Å²) in [6, 6.07) is 13.1. The Bertz CT molecular complexity index is 1330. The number of fused-ring (bicyclic) bond motifs is 1. The zero-order valence-corrected chi connectivity index (χ0v) is 20.7. The van der Waals surface area contributed by atoms with Crippen LogP contribution < -0.4 is 4.90 Å². The molecule has 2 saturated heterocycles. The molecule has 7 nitrogen and oxygen atoms in total. The maximum Gasteiger partial charge on any atom is 0.243 e. The zero-order chi connectivity index (χ0) is 23.9. The highest BCUT2D eigenvalue weighted by Gasteiger charge is 2.41. The van der Waals surface area contributed by atoms with Gasteiger partial charge in [0.25, 0.3) is 0 Å². The Kier molecular flexibility index (Phi) is 6.41. The van der Waals surface area contributed by atoms with Crippen molar-refractivity contribution in [1.29, 1.82) is 0 Å². The number of hydrogen-bond donors (Lipinski definition) is 0. The normalized spacial score (nSPS) is 19.6. The van der Waals surface area contributed by atoms with Crippen molar-refractivity contribution in [1.82, 2.24) is 14.2 Å². The number of benzene rings is 2. The molecule has 34 heavy (non-hydrogen) atoms. The van der Waals surface area contributed by atoms with Gasteiger partial charge in [-0.15, -0.1) is 0 Å². The van der Waals surface area contributed by atoms with E-state index in [4.69, 9.17) is 23.2 Å². The Morgan fingerprint density at radius 1 is 0.912 bits per heavy atom. The van der Waals surface area contributed by atoms with Crippen LogP contribution in [0.25, 0.3) is 10.9 Å². The second kappa shape index (κ2) is 9.34. The van der Waals surface area contributed by atoms with Crippen molar-refractivity contribution in [3.8, 4) is 0 Å². The topological polar surface area (TPSA) is 73.8 Å². The van der Waals surface area contributed by atoms with Gasteiger partial charge in [-0.25, -0.2) is 8.42 Å². The van der Waals surface area contributed by atoms with Crippen molar-refractivity contribution in [2.24, 2.45) is 0 Å². The number of anilines is 1. The van der Waals surface area contributed by atoms with Gasteiger partial charge in [0.15, 0.2) is 0 Å². The van der Waals surface area contributed by atoms with Crippen LogP contribution in [0.4, 0.5) is 5.69 Å². The number of nitrogens with zero attached hydrogens (tertiary/aromatic N) is 4. The first-order valence-electron chi connectivity index (χ1n) is 11.2. The molecule has 1 aromatic heterocycles. The molecule has 5 rings (SSSR count). The van der Waals surface area contributed by atoms with Crippen molar-refractivity contribution in [2.45, 2.75) is 23.8 Å². The van der Waals surface area contributed by atoms with Crippen LogP contribution in [-0.4, -0.2) is 67.3 Å². The minimum Gasteiger partial charge on any atom is -0.367 e. The largest absolute Gasteiger partial charge is 0.367 e. The summed E-state index contributed by atoms with van der Waals surface area (Å²) >= 11 is 12.0. The predicted octanol–water partition coefficient (Wildman–Crippen LogP) is 4.04. The average molecular weight is 519 g/mol. The molecule has 1 atom stereocenters. The maximum absolute atomic E-state index is 13.4. The summed E-state index contributed by atoms with van der Waals surface area (Å²) in [6.45, 7) is 2.71. The van der Waals surface area contributed by atoms with Crippen LogP contribution >= 0.6 is 23.2 Å². The third-order valence-electron chi connectivity index (χ3n) is 6.52. The highest BCUT2D eigenvalue weighted by molar-refractivity contribution is 7.89. The highest BCUT2D eigenvalue weighted by Crippen LogP contribution is 2.30. The number of sulfonamides is 1. The van der Waals surface area contributed by atoms with Crippen LogP contribution in [0.15, 0.2) is 59.6 Å². The molecule has 1 amide bonds. The van der Waals surface area contributed by atoms with E-state index in [2.05, 4.69) is 9.88 Å². The summed E-state index contributed by atoms with van der Waals surface area (Å²) in [4.78, 5) is 22.0. The van der Waals surface area contributed by atoms with Crippen molar-refractivity contribution in [3.05, 3.63) is 64.8 Å². The molecule has 2 aromatic carbocycles. The van der Waals surface area contributed by atoms with Gasteiger partial charge in [-0.05, 0) is 61.4 Å². The van der Waals surface area contributed by atoms with Crippen LogP contribution in [0, 0.1) is 0 Å². The van der Waals surface area contributed by atoms with Gasteiger partial charge in [0.1, 0.15) is 6.04 Å². The SMILES string of the molecule is O=C([C@H]1CCCN1S(=O)(=O)c1ccc(Cl)cc1)N1CCN(c2ccnc3cc(Cl)ccc23)CC1. The minimum absolute atomic E-state index is 0.124. The fourth-order valence-electron chi connectivity index (χ4n) is 4.78. The third kappa shape index (κ3) is 4.35. The molecule has 0 aliphatic carbocycles. The number of carbonyl (C=O) groups is 1. The molecular formula is C24H24Cl2N4O3S. The lowest BCUT2D eigenvalue weighted by atomic mass is 10.1. The molecule has 2 aliphatic heterocycles. The first kappa shape index (κ1) is 23.4. The Balaban J connectivity index is 1.30. The van der Waals surface area contributed by atoms with Gasteiger partial charge in [0.2, 0.25) is 15.9 Å². The summed E-state index contributed by atoms with van der Waals surface area (Å²) in [5.74, 6) is -0.124. The molecule has 2 fully saturated rings. The first-order valence-corrected chi connectivity index (χ1v) is 13.4. The fraction of sp³-hybridized carbons (Fsp3) is 0.333. The van der Waals surface area contributed by atoms with Gasteiger partial charge >= 0.3 is 0 Å². The molecule has 2 aliphatic rings. The number of carbonyl (C=O) groups excluding carboxylic acids is 1. The van der Waals surface area contributed by atoms with Gasteiger partial charge in [-0.1, -0.05) is 23.2 Å². The van der Waals surface area contributed by atoms with Crippen LogP contribution in [0.1, 0.15) is 12.8 Å². The Labute approximate surface area is 208 Å². The summed E-state index contributed by atoms with van der Waals surface area (Å²) in [5.41, 5.74) is 1.89. The number of amides is 1. The molecule has 3 aromatic rings. The molecular weight excluding hydrogens is 495 g/mol. The zero-order valence-electron chi connectivity index (χ0n) is 18.4. The quantitative estimate of drug-likeness (QED) is 0.520. The fourth-order valence-corrected chi connectivity index (χ4v) is 6.72. The molecule has 0 bridgehead atoms. The van der Waals surface area contributed by atoms with Gasteiger partial charge in [-0.3, -0.25) is 9.78 Å². The van der Waals surface area contributed by atoms with E-state index in [1.54, 1.807) is 23.2 Å². The van der Waals surface area contributed by atoms with Crippen LogP contribution in [-0.2, 0) is 14.8 Å². The van der Waals surface area contributed by atoms with Gasteiger partial charge < -0.3 is 9.80 Å². The van der Waals surface area contributed by atoms with E-state index in [0.717, 1.165) is 16.6 Å². The molecule has 0 unspecified atom stereocenters. The molecule has 0 N–H and O–H groups in total. The Hall–Kier alpha value is -2.39. The number of piperazine rings is 1. The lowest BCUT2D eigenvalue weighted by Gasteiger charge is -2.38. The second-order valence-electron chi connectivity index (χ2n) is 8.53. The molecule has 0 radical (unpaired) electrons. The maximum atomic E-state index is 13.4. The smallest absolute Gasteiger partial charge is 0.243 e. The molecule has 3 heterocycles. The van der Waals surface area contributed by atoms with E-state index in [9.17, 15) is 13.2 Å². The van der Waals surface area contributed by atoms with Crippen LogP contribution in [0.5, 0.6) is 0 Å². The van der Waals surface area contributed by atoms with Gasteiger partial charge in [-0.2, -0.15) is 4.31 Å². The molecule has 178 valence electrons. The van der Waals surface area contributed by atoms with E-state index in [0.29, 0.717) is 55.6 Å². The number of pyridine rings is 1. The van der Waals surface area contributed by atoms with Crippen LogP contribution in [0.2, 0.25) is 10.0 Å². The summed E-state index contributed by atoms with van der Waals surface area (Å²) < 4.78 is 27.8. The molecule has 0 spiro atoms. The average Bonchev–Trinajstić information content (AvgIpc) is 3.34. The lowest BCUT2D eigenvalue weighted by molar-refractivity contribution is -0.134. The van der Waals surface area contributed by atoms with E-state index < -0.39 is 16.1 Å². The van der Waals surface area contributed by atoms with Gasteiger partial charge in [0.05, 0.1) is 10.4 Å². The van der Waals surface area contributed by atoms with Gasteiger partial charge in [0, 0.05) is 60.0 Å². The summed E-state index contributed by atoms with van der Waals surface area (Å²) in [7, 11) is -3.77. The van der Waals surface area contributed by atoms with E-state index in [-0.39, 0.29) is 10.8 Å². The molecule has 0 saturated carbocycles. The van der Waals surface area contributed by atoms with E-state index in [1.807, 2.05) is 24.3 Å². The van der Waals surface area contributed by atoms with E-state index in [1.165, 1.54) is 16.4 Å². The number of halogens is 2. The summed E-state index contributed by atoms with van der Waals surface area (Å²) in [6.07, 6.45) is 2.96. The standard InChI is InChI=1S/C24H24Cl2N4O3S/c25-17-3-6-19(7-4-17)34(32,33)30-11-1-2-23(30)24(31)29-14-12-28(13-15-29)22-9-10-27-21-16-18(26)5-8-20(21)22/h3-10,16,23H,1-2,11-15H2/t23-/m1/s1. The third-order valence-corrected chi connectivity index (χ3v) is 8.93. The Morgan fingerprint density at radius 3 is 2.35 bits per heavy atom. The predicted molar refractivity (Wildman–Crippen MR) is 134 cm³/mol. The number of rotatable bonds is 4. The van der Waals surface area contributed by atoms with Crippen molar-refractivity contribution < 1.29 is 13.2 Å². The van der Waals surface area contributed by atoms with Crippen LogP contribution in [0.3, 0.4) is 0 Å². The minimum atomic E-state index is -3.77. The Morgan fingerprint density at radius 2 is 1.62 bits per heavy atom. The van der Waals surface area contributed by atoms with E-state index >= 15 is 0 Å². The highest BCUT2D eigenvalue weighted by atomic mass is 35.5. The number of aromatic nitrogens is 1. The number of hydrogen-bond acceptors (Lipinski definition) is 5. The van der Waals surface area contributed by atoms with Crippen molar-refractivity contribution in [2.75, 3.05) is 37.6 Å². The first-order chi connectivity index (χ1) is 16.3. The monoisotopic (exact) mass is 518 g/mol. The van der Waals surface area contributed by atoms with Crippen molar-refractivity contribution >= 4 is 55.7 Å².